The Morgan fingerprint density at radius 2 is 1.63 bits per heavy atom. The van der Waals surface area contributed by atoms with Gasteiger partial charge in [-0.05, 0) is 52.6 Å². The number of furan rings is 1. The van der Waals surface area contributed by atoms with Crippen LogP contribution in [0.4, 0.5) is 9.18 Å². The van der Waals surface area contributed by atoms with E-state index in [-0.39, 0.29) is 36.3 Å². The van der Waals surface area contributed by atoms with Crippen molar-refractivity contribution < 1.29 is 33.0 Å². The lowest BCUT2D eigenvalue weighted by Gasteiger charge is -2.17. The third-order valence-corrected chi connectivity index (χ3v) is 6.62. The molecule has 0 saturated carbocycles. The second-order valence-corrected chi connectivity index (χ2v) is 9.20. The Labute approximate surface area is 222 Å². The molecule has 0 fully saturated rings. The second-order valence-electron chi connectivity index (χ2n) is 8.80. The number of alkyl carbamates (subject to hydrolysis) is 1. The lowest BCUT2D eigenvalue weighted by Crippen LogP contribution is -2.42. The molecule has 38 heavy (non-hydrogen) atoms. The van der Waals surface area contributed by atoms with Crippen LogP contribution in [0.1, 0.15) is 28.6 Å². The zero-order valence-corrected chi connectivity index (χ0v) is 20.8. The Morgan fingerprint density at radius 1 is 0.974 bits per heavy atom. The number of amides is 1. The van der Waals surface area contributed by atoms with Gasteiger partial charge in [0.2, 0.25) is 0 Å². The monoisotopic (exact) mass is 535 g/mol. The zero-order valence-electron chi connectivity index (χ0n) is 20.0. The highest BCUT2D eigenvalue weighted by Crippen LogP contribution is 2.44. The number of carboxylic acids is 1. The molecule has 2 N–H and O–H groups in total. The average molecular weight is 536 g/mol. The van der Waals surface area contributed by atoms with E-state index >= 15 is 0 Å². The predicted molar refractivity (Wildman–Crippen MR) is 138 cm³/mol. The molecular weight excluding hydrogens is 513 g/mol. The SMILES string of the molecule is O=C(NC(Cc1ccc(COc2ccc(F)cc2Cl)o1)C(=O)O)OCC1c2ccccc2-c2ccccc21. The maximum Gasteiger partial charge on any atom is 0.407 e. The number of fused-ring (bicyclic) bond motifs is 3. The van der Waals surface area contributed by atoms with Gasteiger partial charge in [0.1, 0.15) is 42.3 Å². The van der Waals surface area contributed by atoms with Gasteiger partial charge < -0.3 is 24.3 Å². The molecule has 1 unspecified atom stereocenters. The first kappa shape index (κ1) is 25.4. The molecular formula is C29H23ClFNO6. The van der Waals surface area contributed by atoms with Crippen LogP contribution in [0.3, 0.4) is 0 Å². The van der Waals surface area contributed by atoms with Crippen LogP contribution in [0.5, 0.6) is 5.75 Å². The minimum Gasteiger partial charge on any atom is -0.484 e. The Hall–Kier alpha value is -4.30. The van der Waals surface area contributed by atoms with E-state index in [9.17, 15) is 19.1 Å². The summed E-state index contributed by atoms with van der Waals surface area (Å²) in [5.41, 5.74) is 4.31. The average Bonchev–Trinajstić information content (AvgIpc) is 3.48. The van der Waals surface area contributed by atoms with E-state index < -0.39 is 23.9 Å². The molecule has 1 aliphatic carbocycles. The number of aliphatic carboxylic acids is 1. The number of carbonyl (C=O) groups is 2. The number of carboxylic acid groups (broad SMARTS) is 1. The van der Waals surface area contributed by atoms with Gasteiger partial charge in [0, 0.05) is 12.3 Å². The largest absolute Gasteiger partial charge is 0.484 e. The molecule has 9 heteroatoms. The molecule has 1 amide bonds. The number of nitrogens with one attached hydrogen (secondary N) is 1. The molecule has 0 saturated heterocycles. The quantitative estimate of drug-likeness (QED) is 0.265. The third-order valence-electron chi connectivity index (χ3n) is 6.32. The number of benzene rings is 3. The van der Waals surface area contributed by atoms with Crippen molar-refractivity contribution in [3.05, 3.63) is 112 Å². The van der Waals surface area contributed by atoms with Gasteiger partial charge in [0.15, 0.2) is 0 Å². The van der Waals surface area contributed by atoms with Crippen LogP contribution >= 0.6 is 11.6 Å². The molecule has 1 aromatic heterocycles. The van der Waals surface area contributed by atoms with Gasteiger partial charge in [-0.25, -0.2) is 14.0 Å². The fourth-order valence-electron chi connectivity index (χ4n) is 4.53. The van der Waals surface area contributed by atoms with Gasteiger partial charge >= 0.3 is 12.1 Å². The molecule has 0 radical (unpaired) electrons. The third kappa shape index (κ3) is 5.50. The number of halogens is 2. The van der Waals surface area contributed by atoms with E-state index in [1.165, 1.54) is 12.1 Å². The Kier molecular flexibility index (Phi) is 7.33. The molecule has 1 heterocycles. The van der Waals surface area contributed by atoms with Crippen molar-refractivity contribution in [2.24, 2.45) is 0 Å². The van der Waals surface area contributed by atoms with Crippen LogP contribution in [0, 0.1) is 5.82 Å². The minimum atomic E-state index is -1.27. The van der Waals surface area contributed by atoms with E-state index in [0.717, 1.165) is 28.3 Å². The Balaban J connectivity index is 1.18. The van der Waals surface area contributed by atoms with Gasteiger partial charge in [0.05, 0.1) is 5.02 Å². The van der Waals surface area contributed by atoms with E-state index in [1.807, 2.05) is 48.5 Å². The molecule has 4 aromatic rings. The summed E-state index contributed by atoms with van der Waals surface area (Å²) in [6.07, 6.45) is -0.933. The zero-order chi connectivity index (χ0) is 26.6. The van der Waals surface area contributed by atoms with Crippen LogP contribution in [0.15, 0.2) is 83.3 Å². The van der Waals surface area contributed by atoms with Gasteiger partial charge in [-0.1, -0.05) is 60.1 Å². The minimum absolute atomic E-state index is 0.00287. The molecule has 0 bridgehead atoms. The summed E-state index contributed by atoms with van der Waals surface area (Å²) in [4.78, 5) is 24.4. The van der Waals surface area contributed by atoms with Crippen molar-refractivity contribution in [3.8, 4) is 16.9 Å². The topological polar surface area (TPSA) is 98.0 Å². The first-order chi connectivity index (χ1) is 18.4. The fraction of sp³-hybridized carbons (Fsp3) is 0.172. The summed E-state index contributed by atoms with van der Waals surface area (Å²) in [7, 11) is 0. The summed E-state index contributed by atoms with van der Waals surface area (Å²) in [5, 5.41) is 12.2. The normalized spacial score (nSPS) is 12.9. The number of hydrogen-bond donors (Lipinski definition) is 2. The maximum atomic E-state index is 13.2. The fourth-order valence-corrected chi connectivity index (χ4v) is 4.76. The first-order valence-corrected chi connectivity index (χ1v) is 12.3. The van der Waals surface area contributed by atoms with E-state index in [2.05, 4.69) is 5.32 Å². The van der Waals surface area contributed by atoms with Crippen LogP contribution in [-0.4, -0.2) is 29.8 Å². The summed E-state index contributed by atoms with van der Waals surface area (Å²) in [5.74, 6) is -0.826. The Morgan fingerprint density at radius 3 is 2.29 bits per heavy atom. The van der Waals surface area contributed by atoms with Crippen LogP contribution in [0.2, 0.25) is 5.02 Å². The molecule has 3 aromatic carbocycles. The van der Waals surface area contributed by atoms with Gasteiger partial charge in [-0.15, -0.1) is 0 Å². The number of ether oxygens (including phenoxy) is 2. The summed E-state index contributed by atoms with van der Waals surface area (Å²) >= 11 is 5.96. The van der Waals surface area contributed by atoms with Gasteiger partial charge in [-0.2, -0.15) is 0 Å². The molecule has 1 aliphatic rings. The first-order valence-electron chi connectivity index (χ1n) is 11.9. The molecule has 1 atom stereocenters. The van der Waals surface area contributed by atoms with Crippen LogP contribution in [-0.2, 0) is 22.6 Å². The van der Waals surface area contributed by atoms with E-state index in [1.54, 1.807) is 12.1 Å². The van der Waals surface area contributed by atoms with Crippen LogP contribution in [0.25, 0.3) is 11.1 Å². The van der Waals surface area contributed by atoms with Crippen LogP contribution < -0.4 is 10.1 Å². The lowest BCUT2D eigenvalue weighted by atomic mass is 9.98. The highest BCUT2D eigenvalue weighted by atomic mass is 35.5. The second kappa shape index (κ2) is 11.0. The van der Waals surface area contributed by atoms with E-state index in [4.69, 9.17) is 25.5 Å². The summed E-state index contributed by atoms with van der Waals surface area (Å²) < 4.78 is 29.9. The van der Waals surface area contributed by atoms with Crippen molar-refractivity contribution in [2.45, 2.75) is 25.0 Å². The molecule has 7 nitrogen and oxygen atoms in total. The maximum absolute atomic E-state index is 13.2. The Bertz CT molecular complexity index is 1440. The van der Waals surface area contributed by atoms with Gasteiger partial charge in [-0.3, -0.25) is 0 Å². The van der Waals surface area contributed by atoms with Crippen molar-refractivity contribution in [1.29, 1.82) is 0 Å². The number of hydrogen-bond acceptors (Lipinski definition) is 5. The smallest absolute Gasteiger partial charge is 0.407 e. The van der Waals surface area contributed by atoms with E-state index in [0.29, 0.717) is 11.5 Å². The standard InChI is InChI=1S/C29H23ClFNO6/c30-25-13-17(31)9-12-27(25)36-15-19-11-10-18(38-19)14-26(28(33)34)32-29(35)37-16-24-22-7-3-1-5-20(22)21-6-2-4-8-23(21)24/h1-13,24,26H,14-16H2,(H,32,35)(H,33,34). The number of carbonyl (C=O) groups excluding carboxylic acids is 1. The lowest BCUT2D eigenvalue weighted by molar-refractivity contribution is -0.139. The number of rotatable bonds is 9. The molecule has 194 valence electrons. The predicted octanol–water partition coefficient (Wildman–Crippen LogP) is 6.19. The highest BCUT2D eigenvalue weighted by Gasteiger charge is 2.30. The molecule has 0 aliphatic heterocycles. The highest BCUT2D eigenvalue weighted by molar-refractivity contribution is 6.32. The molecule has 0 spiro atoms. The summed E-state index contributed by atoms with van der Waals surface area (Å²) in [6, 6.07) is 21.6. The molecule has 5 rings (SSSR count). The van der Waals surface area contributed by atoms with Crippen molar-refractivity contribution >= 4 is 23.7 Å². The van der Waals surface area contributed by atoms with Crippen molar-refractivity contribution in [3.63, 3.8) is 0 Å². The van der Waals surface area contributed by atoms with Gasteiger partial charge in [0.25, 0.3) is 0 Å². The van der Waals surface area contributed by atoms with Crippen molar-refractivity contribution in [1.82, 2.24) is 5.32 Å². The van der Waals surface area contributed by atoms with Crippen molar-refractivity contribution in [2.75, 3.05) is 6.61 Å². The summed E-state index contributed by atoms with van der Waals surface area (Å²) in [6.45, 7) is 0.0727.